The summed E-state index contributed by atoms with van der Waals surface area (Å²) >= 11 is 0. The molecule has 2 aromatic carbocycles. The first kappa shape index (κ1) is 28.9. The largest absolute Gasteiger partial charge is 0.435 e. The summed E-state index contributed by atoms with van der Waals surface area (Å²) in [7, 11) is -3.67. The number of pyridine rings is 1. The summed E-state index contributed by atoms with van der Waals surface area (Å²) in [5, 5.41) is 7.28. The second kappa shape index (κ2) is 10.7. The third-order valence-corrected chi connectivity index (χ3v) is 6.10. The molecule has 0 atom stereocenters. The number of fused-ring (bicyclic) bond motifs is 2. The van der Waals surface area contributed by atoms with Crippen molar-refractivity contribution in [3.05, 3.63) is 60.2 Å². The van der Waals surface area contributed by atoms with E-state index in [1.54, 1.807) is 6.07 Å². The number of amides is 1. The number of hydrogen-bond donors (Lipinski definition) is 2. The van der Waals surface area contributed by atoms with E-state index >= 15 is 4.39 Å². The Morgan fingerprint density at radius 3 is 2.43 bits per heavy atom. The maximum atomic E-state index is 15.9. The molecule has 0 aliphatic carbocycles. The summed E-state index contributed by atoms with van der Waals surface area (Å²) in [4.78, 5) is 17.8. The van der Waals surface area contributed by atoms with Crippen molar-refractivity contribution in [2.75, 3.05) is 36.6 Å². The number of nitrogens with two attached hydrogens (primary N) is 1. The minimum absolute atomic E-state index is 0.0344. The van der Waals surface area contributed by atoms with E-state index in [4.69, 9.17) is 19.5 Å². The molecule has 3 aromatic heterocycles. The molecule has 5 aromatic rings. The number of morpholine rings is 1. The average molecular weight is 609 g/mol. The van der Waals surface area contributed by atoms with Crippen LogP contribution in [0.1, 0.15) is 5.69 Å². The third kappa shape index (κ3) is 5.74. The second-order valence-electron chi connectivity index (χ2n) is 9.06. The van der Waals surface area contributed by atoms with Crippen LogP contribution in [0.5, 0.6) is 0 Å². The Kier molecular flexibility index (Phi) is 7.33. The molecular weight excluding hydrogens is 588 g/mol. The molecule has 1 amide bonds. The number of carbonyl (C=O) groups excluding carboxylic acids is 1. The van der Waals surface area contributed by atoms with Crippen LogP contribution in [0.4, 0.5) is 29.1 Å². The number of hydrogen-bond acceptors (Lipinski definition) is 9. The standard InChI is InChI=1S/C24H16F4N6O3.CH4O3S/c25-20-14(17-5-1-13(10-30-17)33-7-8-36-11-19(33)35)3-4-15-21(20)34(31-22(15)24(26,27)28)12-2-6-18-16(9-12)23(29)32-37-18;1-5(2,3)4/h1-6,9-10H,7-8,11H2,(H2,29,32);1H3,(H,2,3,4). The Hall–Kier alpha value is -4.61. The van der Waals surface area contributed by atoms with Crippen molar-refractivity contribution in [3.63, 3.8) is 0 Å². The first-order valence-corrected chi connectivity index (χ1v) is 13.8. The van der Waals surface area contributed by atoms with Crippen LogP contribution in [-0.4, -0.2) is 64.8 Å². The van der Waals surface area contributed by atoms with Gasteiger partial charge in [-0.05, 0) is 42.5 Å². The lowest BCUT2D eigenvalue weighted by Gasteiger charge is -2.26. The van der Waals surface area contributed by atoms with Gasteiger partial charge in [-0.25, -0.2) is 9.07 Å². The molecule has 4 heterocycles. The van der Waals surface area contributed by atoms with Crippen LogP contribution in [-0.2, 0) is 25.8 Å². The monoisotopic (exact) mass is 608 g/mol. The molecule has 1 saturated heterocycles. The molecule has 1 aliphatic heterocycles. The lowest BCUT2D eigenvalue weighted by atomic mass is 10.1. The van der Waals surface area contributed by atoms with Crippen LogP contribution in [0.2, 0.25) is 0 Å². The van der Waals surface area contributed by atoms with Crippen molar-refractivity contribution in [2.24, 2.45) is 0 Å². The minimum Gasteiger partial charge on any atom is -0.380 e. The second-order valence-corrected chi connectivity index (χ2v) is 10.5. The fourth-order valence-corrected chi connectivity index (χ4v) is 4.33. The smallest absolute Gasteiger partial charge is 0.380 e. The van der Waals surface area contributed by atoms with Crippen LogP contribution in [0.3, 0.4) is 0 Å². The minimum atomic E-state index is -4.83. The SMILES string of the molecule is CS(=O)(=O)O.Nc1noc2ccc(-n3nc(C(F)(F)F)c4ccc(-c5ccc(N6CCOCC6=O)cn5)c(F)c43)cc12. The number of nitrogen functional groups attached to an aromatic ring is 1. The molecule has 1 aliphatic rings. The number of ether oxygens (including phenoxy) is 1. The highest BCUT2D eigenvalue weighted by Crippen LogP contribution is 2.39. The fraction of sp³-hybridized carbons (Fsp3) is 0.200. The molecule has 220 valence electrons. The lowest BCUT2D eigenvalue weighted by molar-refractivity contribution is -0.140. The van der Waals surface area contributed by atoms with Crippen LogP contribution < -0.4 is 10.6 Å². The summed E-state index contributed by atoms with van der Waals surface area (Å²) < 4.78 is 94.3. The van der Waals surface area contributed by atoms with Crippen LogP contribution in [0, 0.1) is 5.82 Å². The van der Waals surface area contributed by atoms with Crippen molar-refractivity contribution < 1.29 is 44.6 Å². The Bertz CT molecular complexity index is 1910. The average Bonchev–Trinajstić information content (AvgIpc) is 3.50. The molecule has 42 heavy (non-hydrogen) atoms. The lowest BCUT2D eigenvalue weighted by Crippen LogP contribution is -2.41. The molecule has 1 fully saturated rings. The van der Waals surface area contributed by atoms with Gasteiger partial charge in [0.25, 0.3) is 16.0 Å². The number of alkyl halides is 3. The van der Waals surface area contributed by atoms with Crippen molar-refractivity contribution >= 4 is 49.4 Å². The van der Waals surface area contributed by atoms with Crippen LogP contribution in [0.15, 0.2) is 53.2 Å². The highest BCUT2D eigenvalue weighted by molar-refractivity contribution is 7.85. The highest BCUT2D eigenvalue weighted by atomic mass is 32.2. The van der Waals surface area contributed by atoms with Gasteiger partial charge >= 0.3 is 6.18 Å². The van der Waals surface area contributed by atoms with Crippen LogP contribution in [0.25, 0.3) is 38.8 Å². The highest BCUT2D eigenvalue weighted by Gasteiger charge is 2.38. The summed E-state index contributed by atoms with van der Waals surface area (Å²) in [6.45, 7) is 0.669. The zero-order valence-electron chi connectivity index (χ0n) is 21.5. The van der Waals surface area contributed by atoms with E-state index in [0.717, 1.165) is 10.7 Å². The quantitative estimate of drug-likeness (QED) is 0.227. The van der Waals surface area contributed by atoms with Gasteiger partial charge in [0.2, 0.25) is 0 Å². The van der Waals surface area contributed by atoms with Gasteiger partial charge in [-0.3, -0.25) is 14.3 Å². The number of anilines is 2. The van der Waals surface area contributed by atoms with Crippen molar-refractivity contribution in [2.45, 2.75) is 6.18 Å². The molecule has 0 unspecified atom stereocenters. The van der Waals surface area contributed by atoms with E-state index in [1.807, 2.05) is 0 Å². The van der Waals surface area contributed by atoms with E-state index in [-0.39, 0.29) is 40.8 Å². The molecule has 0 radical (unpaired) electrons. The summed E-state index contributed by atoms with van der Waals surface area (Å²) in [6.07, 6.45) is -2.71. The van der Waals surface area contributed by atoms with Gasteiger partial charge in [0.05, 0.1) is 41.5 Å². The number of halogens is 4. The van der Waals surface area contributed by atoms with E-state index in [9.17, 15) is 26.4 Å². The van der Waals surface area contributed by atoms with Gasteiger partial charge in [0, 0.05) is 17.5 Å². The van der Waals surface area contributed by atoms with Crippen molar-refractivity contribution in [1.82, 2.24) is 19.9 Å². The number of rotatable bonds is 3. The Balaban J connectivity index is 0.000000652. The number of aromatic nitrogens is 4. The van der Waals surface area contributed by atoms with Gasteiger partial charge in [0.15, 0.2) is 22.9 Å². The number of benzene rings is 2. The summed E-state index contributed by atoms with van der Waals surface area (Å²) in [5.74, 6) is -1.14. The van der Waals surface area contributed by atoms with Gasteiger partial charge in [-0.2, -0.15) is 26.7 Å². The van der Waals surface area contributed by atoms with Gasteiger partial charge in [-0.15, -0.1) is 0 Å². The maximum Gasteiger partial charge on any atom is 0.435 e. The van der Waals surface area contributed by atoms with Gasteiger partial charge in [-0.1, -0.05) is 5.16 Å². The number of nitrogens with zero attached hydrogens (tertiary/aromatic N) is 5. The Labute approximate surface area is 234 Å². The molecule has 0 saturated carbocycles. The molecular formula is C25H20F4N6O6S. The van der Waals surface area contributed by atoms with Crippen molar-refractivity contribution in [1.29, 1.82) is 0 Å². The first-order valence-electron chi connectivity index (χ1n) is 11.9. The molecule has 3 N–H and O–H groups in total. The normalized spacial score (nSPS) is 14.3. The number of carbonyl (C=O) groups is 1. The Morgan fingerprint density at radius 2 is 1.79 bits per heavy atom. The first-order chi connectivity index (χ1) is 19.7. The van der Waals surface area contributed by atoms with E-state index in [1.165, 1.54) is 41.4 Å². The van der Waals surface area contributed by atoms with E-state index in [0.29, 0.717) is 36.1 Å². The van der Waals surface area contributed by atoms with E-state index in [2.05, 4.69) is 15.2 Å². The molecule has 6 rings (SSSR count). The zero-order valence-corrected chi connectivity index (χ0v) is 22.3. The maximum absolute atomic E-state index is 15.9. The molecule has 0 spiro atoms. The molecule has 17 heteroatoms. The van der Waals surface area contributed by atoms with Crippen LogP contribution >= 0.6 is 0 Å². The molecule has 0 bridgehead atoms. The van der Waals surface area contributed by atoms with Gasteiger partial charge in [0.1, 0.15) is 12.1 Å². The predicted molar refractivity (Wildman–Crippen MR) is 142 cm³/mol. The van der Waals surface area contributed by atoms with Crippen molar-refractivity contribution in [3.8, 4) is 16.9 Å². The zero-order chi connectivity index (χ0) is 30.4. The topological polar surface area (TPSA) is 167 Å². The van der Waals surface area contributed by atoms with Gasteiger partial charge < -0.3 is 19.9 Å². The van der Waals surface area contributed by atoms with E-state index < -0.39 is 33.2 Å². The molecule has 12 nitrogen and oxygen atoms in total. The Morgan fingerprint density at radius 1 is 1.07 bits per heavy atom. The summed E-state index contributed by atoms with van der Waals surface area (Å²) in [6, 6.07) is 9.79. The summed E-state index contributed by atoms with van der Waals surface area (Å²) in [5.41, 5.74) is 5.26. The fourth-order valence-electron chi connectivity index (χ4n) is 4.33. The third-order valence-electron chi connectivity index (χ3n) is 6.10. The predicted octanol–water partition coefficient (Wildman–Crippen LogP) is 3.84.